The van der Waals surface area contributed by atoms with Crippen LogP contribution < -0.4 is 9.64 Å². The summed E-state index contributed by atoms with van der Waals surface area (Å²) in [5.74, 6) is 0.0575. The molecule has 5 nitrogen and oxygen atoms in total. The molecule has 0 fully saturated rings. The van der Waals surface area contributed by atoms with Gasteiger partial charge in [0.2, 0.25) is 5.60 Å². The standard InChI is InChI=1S/C24H33NO4/c1-4-18-28-22-15-13-21(14-16-22)24(27,20-11-8-7-9-12-20)23(26)29-19-10-17-25(5-2)6-3/h7-9,11-16,27H,4-6,10,17-19H2,1-3H3/p+1/t24-/m0/s1. The van der Waals surface area contributed by atoms with E-state index in [1.165, 1.54) is 4.90 Å². The Bertz CT molecular complexity index is 728. The lowest BCUT2D eigenvalue weighted by molar-refractivity contribution is -0.896. The van der Waals surface area contributed by atoms with Gasteiger partial charge in [-0.3, -0.25) is 0 Å². The van der Waals surface area contributed by atoms with Crippen molar-refractivity contribution in [3.8, 4) is 5.75 Å². The first kappa shape index (κ1) is 22.9. The van der Waals surface area contributed by atoms with Crippen molar-refractivity contribution in [2.24, 2.45) is 0 Å². The Morgan fingerprint density at radius 3 is 2.14 bits per heavy atom. The molecule has 0 spiro atoms. The highest BCUT2D eigenvalue weighted by Gasteiger charge is 2.41. The monoisotopic (exact) mass is 400 g/mol. The molecule has 2 rings (SSSR count). The number of carbonyl (C=O) groups is 1. The average Bonchev–Trinajstić information content (AvgIpc) is 2.78. The average molecular weight is 401 g/mol. The molecule has 0 bridgehead atoms. The number of nitrogens with one attached hydrogen (secondary N) is 1. The van der Waals surface area contributed by atoms with Crippen molar-refractivity contribution in [3.05, 3.63) is 65.7 Å². The van der Waals surface area contributed by atoms with Crippen molar-refractivity contribution in [2.45, 2.75) is 39.2 Å². The van der Waals surface area contributed by atoms with E-state index in [2.05, 4.69) is 13.8 Å². The normalized spacial score (nSPS) is 13.1. The van der Waals surface area contributed by atoms with Crippen molar-refractivity contribution in [1.82, 2.24) is 0 Å². The van der Waals surface area contributed by atoms with Crippen LogP contribution in [0.15, 0.2) is 54.6 Å². The zero-order valence-corrected chi connectivity index (χ0v) is 17.8. The SMILES string of the molecule is CCCOc1ccc([C@](O)(C(=O)OCCC[NH+](CC)CC)c2ccccc2)cc1. The molecule has 1 atom stereocenters. The first-order valence-corrected chi connectivity index (χ1v) is 10.6. The first-order chi connectivity index (χ1) is 14.1. The first-order valence-electron chi connectivity index (χ1n) is 10.6. The van der Waals surface area contributed by atoms with Gasteiger partial charge in [0.15, 0.2) is 0 Å². The molecule has 0 aromatic heterocycles. The minimum absolute atomic E-state index is 0.287. The molecule has 0 saturated carbocycles. The van der Waals surface area contributed by atoms with E-state index < -0.39 is 11.6 Å². The summed E-state index contributed by atoms with van der Waals surface area (Å²) in [6.45, 7) is 10.3. The Kier molecular flexibility index (Phi) is 9.16. The van der Waals surface area contributed by atoms with Crippen molar-refractivity contribution in [2.75, 3.05) is 32.8 Å². The quantitative estimate of drug-likeness (QED) is 0.425. The summed E-state index contributed by atoms with van der Waals surface area (Å²) in [4.78, 5) is 14.5. The van der Waals surface area contributed by atoms with Crippen LogP contribution in [0.3, 0.4) is 0 Å². The third-order valence-electron chi connectivity index (χ3n) is 5.14. The van der Waals surface area contributed by atoms with Gasteiger partial charge in [-0.2, -0.15) is 0 Å². The molecule has 0 radical (unpaired) electrons. The highest BCUT2D eigenvalue weighted by Crippen LogP contribution is 2.32. The summed E-state index contributed by atoms with van der Waals surface area (Å²) in [5, 5.41) is 11.5. The minimum Gasteiger partial charge on any atom is -0.494 e. The molecular weight excluding hydrogens is 366 g/mol. The van der Waals surface area contributed by atoms with Gasteiger partial charge in [-0.05, 0) is 43.5 Å². The maximum Gasteiger partial charge on any atom is 0.347 e. The number of hydrogen-bond donors (Lipinski definition) is 2. The van der Waals surface area contributed by atoms with Gasteiger partial charge >= 0.3 is 5.97 Å². The fourth-order valence-electron chi connectivity index (χ4n) is 3.29. The van der Waals surface area contributed by atoms with Gasteiger partial charge in [-0.15, -0.1) is 0 Å². The number of hydrogen-bond acceptors (Lipinski definition) is 4. The molecule has 0 aliphatic rings. The third kappa shape index (κ3) is 6.05. The highest BCUT2D eigenvalue weighted by atomic mass is 16.5. The topological polar surface area (TPSA) is 60.2 Å². The Morgan fingerprint density at radius 2 is 1.55 bits per heavy atom. The molecule has 29 heavy (non-hydrogen) atoms. The van der Waals surface area contributed by atoms with Crippen LogP contribution in [0, 0.1) is 0 Å². The number of benzene rings is 2. The number of quaternary nitrogens is 1. The van der Waals surface area contributed by atoms with E-state index in [9.17, 15) is 9.90 Å². The van der Waals surface area contributed by atoms with Crippen LogP contribution in [-0.2, 0) is 15.1 Å². The summed E-state index contributed by atoms with van der Waals surface area (Å²) >= 11 is 0. The lowest BCUT2D eigenvalue weighted by atomic mass is 9.86. The zero-order valence-electron chi connectivity index (χ0n) is 17.8. The summed E-state index contributed by atoms with van der Waals surface area (Å²) < 4.78 is 11.1. The van der Waals surface area contributed by atoms with Gasteiger partial charge < -0.3 is 19.5 Å². The van der Waals surface area contributed by atoms with Gasteiger partial charge in [0.25, 0.3) is 0 Å². The van der Waals surface area contributed by atoms with Crippen LogP contribution in [0.1, 0.15) is 44.7 Å². The van der Waals surface area contributed by atoms with Crippen LogP contribution in [0.2, 0.25) is 0 Å². The maximum atomic E-state index is 13.0. The molecular formula is C24H34NO4+. The van der Waals surface area contributed by atoms with Crippen molar-refractivity contribution in [1.29, 1.82) is 0 Å². The fraction of sp³-hybridized carbons (Fsp3) is 0.458. The number of carbonyl (C=O) groups excluding carboxylic acids is 1. The van der Waals surface area contributed by atoms with Gasteiger partial charge in [-0.1, -0.05) is 49.4 Å². The molecule has 0 aliphatic carbocycles. The zero-order chi connectivity index (χ0) is 21.1. The van der Waals surface area contributed by atoms with Crippen molar-refractivity contribution in [3.63, 3.8) is 0 Å². The molecule has 2 N–H and O–H groups in total. The Labute approximate surface area is 174 Å². The van der Waals surface area contributed by atoms with Crippen LogP contribution in [-0.4, -0.2) is 43.9 Å². The van der Waals surface area contributed by atoms with Gasteiger partial charge in [0, 0.05) is 6.42 Å². The molecule has 2 aromatic carbocycles. The van der Waals surface area contributed by atoms with Crippen LogP contribution in [0.5, 0.6) is 5.75 Å². The minimum atomic E-state index is -1.85. The van der Waals surface area contributed by atoms with E-state index in [0.717, 1.165) is 32.5 Å². The smallest absolute Gasteiger partial charge is 0.347 e. The highest BCUT2D eigenvalue weighted by molar-refractivity contribution is 5.85. The van der Waals surface area contributed by atoms with Crippen LogP contribution in [0.25, 0.3) is 0 Å². The van der Waals surface area contributed by atoms with Gasteiger partial charge in [-0.25, -0.2) is 4.79 Å². The van der Waals surface area contributed by atoms with Crippen molar-refractivity contribution >= 4 is 5.97 Å². The summed E-state index contributed by atoms with van der Waals surface area (Å²) in [5.41, 5.74) is -0.902. The van der Waals surface area contributed by atoms with E-state index in [1.807, 2.05) is 13.0 Å². The van der Waals surface area contributed by atoms with Gasteiger partial charge in [0.05, 0.1) is 32.8 Å². The summed E-state index contributed by atoms with van der Waals surface area (Å²) in [6.07, 6.45) is 1.68. The molecule has 158 valence electrons. The second-order valence-corrected chi connectivity index (χ2v) is 7.15. The number of rotatable bonds is 12. The molecule has 0 unspecified atom stereocenters. The molecule has 2 aromatic rings. The second kappa shape index (κ2) is 11.6. The largest absolute Gasteiger partial charge is 0.494 e. The molecule has 5 heteroatoms. The fourth-order valence-corrected chi connectivity index (χ4v) is 3.29. The lowest BCUT2D eigenvalue weighted by Gasteiger charge is -2.27. The summed E-state index contributed by atoms with van der Waals surface area (Å²) in [6, 6.07) is 15.9. The van der Waals surface area contributed by atoms with Crippen LogP contribution in [0.4, 0.5) is 0 Å². The molecule has 0 amide bonds. The van der Waals surface area contributed by atoms with Gasteiger partial charge in [0.1, 0.15) is 5.75 Å². The lowest BCUT2D eigenvalue weighted by Crippen LogP contribution is -3.11. The van der Waals surface area contributed by atoms with E-state index in [-0.39, 0.29) is 6.61 Å². The Morgan fingerprint density at radius 1 is 0.931 bits per heavy atom. The second-order valence-electron chi connectivity index (χ2n) is 7.15. The molecule has 0 aliphatic heterocycles. The number of ether oxygens (including phenoxy) is 2. The van der Waals surface area contributed by atoms with E-state index in [4.69, 9.17) is 9.47 Å². The van der Waals surface area contributed by atoms with Crippen molar-refractivity contribution < 1.29 is 24.3 Å². The Balaban J connectivity index is 2.17. The van der Waals surface area contributed by atoms with E-state index in [1.54, 1.807) is 48.5 Å². The third-order valence-corrected chi connectivity index (χ3v) is 5.14. The molecule has 0 heterocycles. The predicted molar refractivity (Wildman–Crippen MR) is 114 cm³/mol. The number of esters is 1. The van der Waals surface area contributed by atoms with Crippen LogP contribution >= 0.6 is 0 Å². The maximum absolute atomic E-state index is 13.0. The van der Waals surface area contributed by atoms with E-state index >= 15 is 0 Å². The predicted octanol–water partition coefficient (Wildman–Crippen LogP) is 2.57. The summed E-state index contributed by atoms with van der Waals surface area (Å²) in [7, 11) is 0. The van der Waals surface area contributed by atoms with E-state index in [0.29, 0.717) is 23.5 Å². The molecule has 0 saturated heterocycles. The number of aliphatic hydroxyl groups is 1. The Hall–Kier alpha value is -2.37.